The Bertz CT molecular complexity index is 822. The lowest BCUT2D eigenvalue weighted by molar-refractivity contribution is -0.116. The fourth-order valence-corrected chi connectivity index (χ4v) is 3.60. The van der Waals surface area contributed by atoms with Crippen LogP contribution in [0, 0.1) is 0 Å². The van der Waals surface area contributed by atoms with E-state index in [1.165, 1.54) is 38.5 Å². The zero-order valence-electron chi connectivity index (χ0n) is 13.3. The fourth-order valence-electron chi connectivity index (χ4n) is 2.16. The summed E-state index contributed by atoms with van der Waals surface area (Å²) in [6.07, 6.45) is 0. The van der Waals surface area contributed by atoms with Crippen molar-refractivity contribution in [2.24, 2.45) is 5.73 Å². The predicted octanol–water partition coefficient (Wildman–Crippen LogP) is 1.38. The maximum atomic E-state index is 12.9. The third-order valence-electron chi connectivity index (χ3n) is 3.29. The van der Waals surface area contributed by atoms with Gasteiger partial charge in [0, 0.05) is 6.07 Å². The van der Waals surface area contributed by atoms with Crippen molar-refractivity contribution in [3.8, 4) is 11.5 Å². The Morgan fingerprint density at radius 2 is 1.67 bits per heavy atom. The summed E-state index contributed by atoms with van der Waals surface area (Å²) >= 11 is 0. The number of hydrogen-bond donors (Lipinski definition) is 1. The number of amides is 1. The van der Waals surface area contributed by atoms with E-state index >= 15 is 0 Å². The minimum atomic E-state index is -3.96. The van der Waals surface area contributed by atoms with Crippen molar-refractivity contribution in [2.45, 2.75) is 4.90 Å². The van der Waals surface area contributed by atoms with E-state index in [9.17, 15) is 13.2 Å². The van der Waals surface area contributed by atoms with Crippen molar-refractivity contribution in [3.05, 3.63) is 48.5 Å². The summed E-state index contributed by atoms with van der Waals surface area (Å²) in [5, 5.41) is 0. The highest BCUT2D eigenvalue weighted by atomic mass is 32.2. The molecule has 0 saturated heterocycles. The highest BCUT2D eigenvalue weighted by Gasteiger charge is 2.27. The van der Waals surface area contributed by atoms with Crippen molar-refractivity contribution in [2.75, 3.05) is 25.1 Å². The summed E-state index contributed by atoms with van der Waals surface area (Å²) in [6.45, 7) is -0.493. The first-order valence-corrected chi connectivity index (χ1v) is 8.42. The number of carbonyl (C=O) groups excluding carboxylic acids is 1. The molecule has 0 radical (unpaired) electrons. The van der Waals surface area contributed by atoms with Gasteiger partial charge in [-0.05, 0) is 24.3 Å². The van der Waals surface area contributed by atoms with E-state index in [0.717, 1.165) is 4.31 Å². The number of hydrogen-bond acceptors (Lipinski definition) is 5. The molecule has 2 rings (SSSR count). The maximum Gasteiger partial charge on any atom is 0.264 e. The molecule has 0 unspecified atom stereocenters. The van der Waals surface area contributed by atoms with Crippen LogP contribution in [-0.4, -0.2) is 35.1 Å². The molecular formula is C16H18N2O5S. The third-order valence-corrected chi connectivity index (χ3v) is 5.07. The van der Waals surface area contributed by atoms with Crippen molar-refractivity contribution in [1.82, 2.24) is 0 Å². The van der Waals surface area contributed by atoms with E-state index in [1.54, 1.807) is 24.3 Å². The molecule has 2 aromatic rings. The third kappa shape index (κ3) is 3.60. The van der Waals surface area contributed by atoms with Crippen molar-refractivity contribution in [1.29, 1.82) is 0 Å². The fraction of sp³-hybridized carbons (Fsp3) is 0.188. The number of rotatable bonds is 7. The van der Waals surface area contributed by atoms with Gasteiger partial charge in [0.05, 0.1) is 24.8 Å². The second-order valence-corrected chi connectivity index (χ2v) is 6.69. The Labute approximate surface area is 140 Å². The van der Waals surface area contributed by atoms with E-state index < -0.39 is 22.5 Å². The number of nitrogens with two attached hydrogens (primary N) is 1. The van der Waals surface area contributed by atoms with Crippen LogP contribution in [-0.2, 0) is 14.8 Å². The van der Waals surface area contributed by atoms with Crippen LogP contribution in [0.3, 0.4) is 0 Å². The molecule has 0 atom stereocenters. The first-order chi connectivity index (χ1) is 11.4. The van der Waals surface area contributed by atoms with Crippen LogP contribution in [0.4, 0.5) is 5.69 Å². The Morgan fingerprint density at radius 1 is 1.04 bits per heavy atom. The predicted molar refractivity (Wildman–Crippen MR) is 89.7 cm³/mol. The highest BCUT2D eigenvalue weighted by Crippen LogP contribution is 2.33. The number of ether oxygens (including phenoxy) is 2. The Balaban J connectivity index is 2.56. The normalized spacial score (nSPS) is 10.9. The minimum absolute atomic E-state index is 0.0565. The highest BCUT2D eigenvalue weighted by molar-refractivity contribution is 7.92. The second kappa shape index (κ2) is 7.22. The SMILES string of the molecule is COc1ccc(N(CC(N)=O)S(=O)(=O)c2ccccc2)cc1OC. The number of nitrogens with zero attached hydrogens (tertiary/aromatic N) is 1. The molecule has 0 aromatic heterocycles. The maximum absolute atomic E-state index is 12.9. The van der Waals surface area contributed by atoms with Gasteiger partial charge in [0.25, 0.3) is 10.0 Å². The molecule has 0 bridgehead atoms. The van der Waals surface area contributed by atoms with Gasteiger partial charge in [-0.1, -0.05) is 18.2 Å². The van der Waals surface area contributed by atoms with E-state index in [0.29, 0.717) is 11.5 Å². The monoisotopic (exact) mass is 350 g/mol. The van der Waals surface area contributed by atoms with Crippen LogP contribution in [0.1, 0.15) is 0 Å². The average Bonchev–Trinajstić information content (AvgIpc) is 2.59. The van der Waals surface area contributed by atoms with E-state index in [1.807, 2.05) is 0 Å². The standard InChI is InChI=1S/C16H18N2O5S/c1-22-14-9-8-12(10-15(14)23-2)18(11-16(17)19)24(20,21)13-6-4-3-5-7-13/h3-10H,11H2,1-2H3,(H2,17,19). The molecule has 0 aliphatic carbocycles. The van der Waals surface area contributed by atoms with Gasteiger partial charge in [0.2, 0.25) is 5.91 Å². The van der Waals surface area contributed by atoms with Gasteiger partial charge in [-0.25, -0.2) is 8.42 Å². The molecule has 8 heteroatoms. The molecule has 2 aromatic carbocycles. The number of methoxy groups -OCH3 is 2. The molecular weight excluding hydrogens is 332 g/mol. The van der Waals surface area contributed by atoms with Crippen LogP contribution >= 0.6 is 0 Å². The summed E-state index contributed by atoms with van der Waals surface area (Å²) in [6, 6.07) is 12.4. The quantitative estimate of drug-likeness (QED) is 0.813. The summed E-state index contributed by atoms with van der Waals surface area (Å²) in [5.74, 6) is 0.00871. The van der Waals surface area contributed by atoms with E-state index in [-0.39, 0.29) is 10.6 Å². The number of primary amides is 1. The Kier molecular flexibility index (Phi) is 5.30. The molecule has 7 nitrogen and oxygen atoms in total. The number of benzene rings is 2. The van der Waals surface area contributed by atoms with Gasteiger partial charge in [-0.3, -0.25) is 9.10 Å². The number of sulfonamides is 1. The largest absolute Gasteiger partial charge is 0.493 e. The van der Waals surface area contributed by atoms with Gasteiger partial charge < -0.3 is 15.2 Å². The van der Waals surface area contributed by atoms with Gasteiger partial charge in [-0.2, -0.15) is 0 Å². The first kappa shape index (κ1) is 17.6. The zero-order valence-corrected chi connectivity index (χ0v) is 14.1. The zero-order chi connectivity index (χ0) is 17.7. The lowest BCUT2D eigenvalue weighted by Gasteiger charge is -2.24. The summed E-state index contributed by atoms with van der Waals surface area (Å²) < 4.78 is 37.0. The summed E-state index contributed by atoms with van der Waals surface area (Å²) in [4.78, 5) is 11.5. The van der Waals surface area contributed by atoms with Gasteiger partial charge >= 0.3 is 0 Å². The molecule has 0 fully saturated rings. The molecule has 0 heterocycles. The molecule has 128 valence electrons. The van der Waals surface area contributed by atoms with E-state index in [4.69, 9.17) is 15.2 Å². The molecule has 2 N–H and O–H groups in total. The van der Waals surface area contributed by atoms with Gasteiger partial charge in [0.15, 0.2) is 11.5 Å². The average molecular weight is 350 g/mol. The molecule has 0 aliphatic heterocycles. The van der Waals surface area contributed by atoms with Crippen LogP contribution < -0.4 is 19.5 Å². The van der Waals surface area contributed by atoms with Crippen LogP contribution in [0.2, 0.25) is 0 Å². The van der Waals surface area contributed by atoms with Crippen LogP contribution in [0.5, 0.6) is 11.5 Å². The van der Waals surface area contributed by atoms with Crippen molar-refractivity contribution < 1.29 is 22.7 Å². The summed E-state index contributed by atoms with van der Waals surface area (Å²) in [5.41, 5.74) is 5.48. The molecule has 0 aliphatic rings. The number of carbonyl (C=O) groups is 1. The van der Waals surface area contributed by atoms with Gasteiger partial charge in [-0.15, -0.1) is 0 Å². The molecule has 24 heavy (non-hydrogen) atoms. The molecule has 1 amide bonds. The van der Waals surface area contributed by atoms with Crippen LogP contribution in [0.25, 0.3) is 0 Å². The van der Waals surface area contributed by atoms with Crippen molar-refractivity contribution in [3.63, 3.8) is 0 Å². The Morgan fingerprint density at radius 3 is 2.21 bits per heavy atom. The lowest BCUT2D eigenvalue weighted by Crippen LogP contribution is -2.38. The van der Waals surface area contributed by atoms with Crippen LogP contribution in [0.15, 0.2) is 53.4 Å². The van der Waals surface area contributed by atoms with E-state index in [2.05, 4.69) is 0 Å². The smallest absolute Gasteiger partial charge is 0.264 e. The van der Waals surface area contributed by atoms with Crippen molar-refractivity contribution >= 4 is 21.6 Å². The number of anilines is 1. The summed E-state index contributed by atoms with van der Waals surface area (Å²) in [7, 11) is -1.05. The lowest BCUT2D eigenvalue weighted by atomic mass is 10.2. The first-order valence-electron chi connectivity index (χ1n) is 6.98. The topological polar surface area (TPSA) is 98.9 Å². The Hall–Kier alpha value is -2.74. The van der Waals surface area contributed by atoms with Gasteiger partial charge in [0.1, 0.15) is 6.54 Å². The minimum Gasteiger partial charge on any atom is -0.493 e. The second-order valence-electron chi connectivity index (χ2n) is 4.83. The molecule has 0 spiro atoms. The molecule has 0 saturated carbocycles.